The Kier molecular flexibility index (Phi) is 5.44. The second-order valence-electron chi connectivity index (χ2n) is 4.24. The van der Waals surface area contributed by atoms with Crippen molar-refractivity contribution >= 4 is 40.1 Å². The monoisotopic (exact) mass is 417 g/mol. The van der Waals surface area contributed by atoms with E-state index in [1.807, 2.05) is 22.6 Å². The third-order valence-corrected chi connectivity index (χ3v) is 4.34. The Morgan fingerprint density at radius 3 is 2.52 bits per heavy atom. The molecule has 0 aromatic heterocycles. The summed E-state index contributed by atoms with van der Waals surface area (Å²) in [5.74, 6) is 0.864. The molecule has 0 fully saturated rings. The standard InChI is InChI=1S/C15H13ClINO3/c1-18-15(20)13-7-12(6-9(8-19)14(13)17)21-11-4-2-10(16)3-5-11/h2-7,19H,8H2,1H3,(H,18,20). The number of ether oxygens (including phenoxy) is 1. The molecule has 4 nitrogen and oxygen atoms in total. The number of halogens is 2. The lowest BCUT2D eigenvalue weighted by Crippen LogP contribution is -2.19. The van der Waals surface area contributed by atoms with Gasteiger partial charge in [0.2, 0.25) is 0 Å². The number of rotatable bonds is 4. The molecule has 0 heterocycles. The molecule has 0 aliphatic heterocycles. The van der Waals surface area contributed by atoms with E-state index < -0.39 is 0 Å². The molecule has 0 aliphatic rings. The number of nitrogens with one attached hydrogen (secondary N) is 1. The van der Waals surface area contributed by atoms with Gasteiger partial charge in [0.1, 0.15) is 11.5 Å². The zero-order valence-electron chi connectivity index (χ0n) is 11.2. The molecule has 0 radical (unpaired) electrons. The topological polar surface area (TPSA) is 58.6 Å². The van der Waals surface area contributed by atoms with Crippen molar-refractivity contribution in [1.29, 1.82) is 0 Å². The zero-order valence-corrected chi connectivity index (χ0v) is 14.1. The van der Waals surface area contributed by atoms with Crippen molar-refractivity contribution < 1.29 is 14.6 Å². The minimum Gasteiger partial charge on any atom is -0.457 e. The number of amides is 1. The third kappa shape index (κ3) is 3.87. The molecule has 0 atom stereocenters. The maximum atomic E-state index is 11.9. The summed E-state index contributed by atoms with van der Waals surface area (Å²) in [4.78, 5) is 11.9. The summed E-state index contributed by atoms with van der Waals surface area (Å²) in [6, 6.07) is 10.3. The Bertz CT molecular complexity index is 659. The van der Waals surface area contributed by atoms with E-state index in [2.05, 4.69) is 5.32 Å². The lowest BCUT2D eigenvalue weighted by atomic mass is 10.1. The average molecular weight is 418 g/mol. The first kappa shape index (κ1) is 16.1. The van der Waals surface area contributed by atoms with Gasteiger partial charge in [-0.15, -0.1) is 0 Å². The summed E-state index contributed by atoms with van der Waals surface area (Å²) in [5, 5.41) is 12.6. The number of aliphatic hydroxyl groups excluding tert-OH is 1. The van der Waals surface area contributed by atoms with Crippen LogP contribution in [0.25, 0.3) is 0 Å². The summed E-state index contributed by atoms with van der Waals surface area (Å²) < 4.78 is 6.42. The van der Waals surface area contributed by atoms with Crippen LogP contribution in [0.4, 0.5) is 0 Å². The molecule has 21 heavy (non-hydrogen) atoms. The van der Waals surface area contributed by atoms with Crippen LogP contribution in [0, 0.1) is 3.57 Å². The number of carbonyl (C=O) groups excluding carboxylic acids is 1. The lowest BCUT2D eigenvalue weighted by molar-refractivity contribution is 0.0961. The second kappa shape index (κ2) is 7.11. The Balaban J connectivity index is 2.39. The van der Waals surface area contributed by atoms with Crippen molar-refractivity contribution in [2.75, 3.05) is 7.05 Å². The number of hydrogen-bond donors (Lipinski definition) is 2. The number of hydrogen-bond acceptors (Lipinski definition) is 3. The van der Waals surface area contributed by atoms with Crippen LogP contribution in [0.2, 0.25) is 5.02 Å². The van der Waals surface area contributed by atoms with Gasteiger partial charge in [-0.3, -0.25) is 4.79 Å². The van der Waals surface area contributed by atoms with Crippen LogP contribution in [-0.4, -0.2) is 18.1 Å². The molecule has 2 rings (SSSR count). The molecule has 110 valence electrons. The normalized spacial score (nSPS) is 10.3. The van der Waals surface area contributed by atoms with E-state index in [1.165, 1.54) is 0 Å². The average Bonchev–Trinajstić information content (AvgIpc) is 2.50. The minimum absolute atomic E-state index is 0.167. The van der Waals surface area contributed by atoms with Crippen LogP contribution < -0.4 is 10.1 Å². The quantitative estimate of drug-likeness (QED) is 0.748. The van der Waals surface area contributed by atoms with Crippen LogP contribution >= 0.6 is 34.2 Å². The summed E-state index contributed by atoms with van der Waals surface area (Å²) in [6.45, 7) is -0.167. The highest BCUT2D eigenvalue weighted by Gasteiger charge is 2.14. The van der Waals surface area contributed by atoms with Crippen LogP contribution in [0.15, 0.2) is 36.4 Å². The van der Waals surface area contributed by atoms with E-state index in [-0.39, 0.29) is 12.5 Å². The summed E-state index contributed by atoms with van der Waals surface area (Å²) in [5.41, 5.74) is 1.11. The summed E-state index contributed by atoms with van der Waals surface area (Å²) >= 11 is 7.86. The van der Waals surface area contributed by atoms with Gasteiger partial charge >= 0.3 is 0 Å². The van der Waals surface area contributed by atoms with Crippen LogP contribution in [0.3, 0.4) is 0 Å². The predicted molar refractivity (Wildman–Crippen MR) is 90.0 cm³/mol. The zero-order chi connectivity index (χ0) is 15.4. The maximum absolute atomic E-state index is 11.9. The van der Waals surface area contributed by atoms with Crippen molar-refractivity contribution in [3.63, 3.8) is 0 Å². The molecule has 2 N–H and O–H groups in total. The fraction of sp³-hybridized carbons (Fsp3) is 0.133. The van der Waals surface area contributed by atoms with E-state index >= 15 is 0 Å². The van der Waals surface area contributed by atoms with Crippen LogP contribution in [0.1, 0.15) is 15.9 Å². The molecule has 0 unspecified atom stereocenters. The first-order chi connectivity index (χ1) is 10.0. The summed E-state index contributed by atoms with van der Waals surface area (Å²) in [7, 11) is 1.56. The van der Waals surface area contributed by atoms with E-state index in [9.17, 15) is 9.90 Å². The van der Waals surface area contributed by atoms with Gasteiger partial charge in [-0.1, -0.05) is 11.6 Å². The maximum Gasteiger partial charge on any atom is 0.252 e. The molecular formula is C15H13ClINO3. The lowest BCUT2D eigenvalue weighted by Gasteiger charge is -2.12. The van der Waals surface area contributed by atoms with E-state index in [4.69, 9.17) is 16.3 Å². The van der Waals surface area contributed by atoms with Gasteiger partial charge in [-0.2, -0.15) is 0 Å². The molecule has 0 saturated heterocycles. The van der Waals surface area contributed by atoms with E-state index in [0.717, 1.165) is 0 Å². The van der Waals surface area contributed by atoms with Crippen molar-refractivity contribution in [3.05, 3.63) is 56.1 Å². The van der Waals surface area contributed by atoms with Gasteiger partial charge in [0.05, 0.1) is 12.2 Å². The molecular weight excluding hydrogens is 405 g/mol. The first-order valence-electron chi connectivity index (χ1n) is 6.14. The SMILES string of the molecule is CNC(=O)c1cc(Oc2ccc(Cl)cc2)cc(CO)c1I. The number of benzene rings is 2. The van der Waals surface area contributed by atoms with Crippen LogP contribution in [-0.2, 0) is 6.61 Å². The van der Waals surface area contributed by atoms with Gasteiger partial charge in [-0.05, 0) is 64.6 Å². The van der Waals surface area contributed by atoms with Gasteiger partial charge < -0.3 is 15.2 Å². The van der Waals surface area contributed by atoms with Crippen LogP contribution in [0.5, 0.6) is 11.5 Å². The smallest absolute Gasteiger partial charge is 0.252 e. The van der Waals surface area contributed by atoms with Gasteiger partial charge in [0, 0.05) is 15.6 Å². The van der Waals surface area contributed by atoms with Crippen molar-refractivity contribution in [2.45, 2.75) is 6.61 Å². The Hall–Kier alpha value is -1.31. The van der Waals surface area contributed by atoms with Crippen molar-refractivity contribution in [3.8, 4) is 11.5 Å². The molecule has 0 spiro atoms. The molecule has 6 heteroatoms. The Labute approximate surface area is 141 Å². The largest absolute Gasteiger partial charge is 0.457 e. The third-order valence-electron chi connectivity index (χ3n) is 2.81. The Morgan fingerprint density at radius 1 is 1.29 bits per heavy atom. The van der Waals surface area contributed by atoms with Gasteiger partial charge in [0.15, 0.2) is 0 Å². The highest BCUT2D eigenvalue weighted by Crippen LogP contribution is 2.29. The molecule has 0 bridgehead atoms. The fourth-order valence-corrected chi connectivity index (χ4v) is 2.62. The Morgan fingerprint density at radius 2 is 1.95 bits per heavy atom. The van der Waals surface area contributed by atoms with E-state index in [0.29, 0.717) is 31.2 Å². The number of carbonyl (C=O) groups is 1. The first-order valence-corrected chi connectivity index (χ1v) is 7.59. The minimum atomic E-state index is -0.226. The highest BCUT2D eigenvalue weighted by atomic mass is 127. The van der Waals surface area contributed by atoms with Crippen molar-refractivity contribution in [1.82, 2.24) is 5.32 Å². The van der Waals surface area contributed by atoms with E-state index in [1.54, 1.807) is 43.4 Å². The van der Waals surface area contributed by atoms with Crippen molar-refractivity contribution in [2.24, 2.45) is 0 Å². The van der Waals surface area contributed by atoms with Gasteiger partial charge in [0.25, 0.3) is 5.91 Å². The number of aliphatic hydroxyl groups is 1. The highest BCUT2D eigenvalue weighted by molar-refractivity contribution is 14.1. The molecule has 2 aromatic carbocycles. The molecule has 0 aliphatic carbocycles. The molecule has 2 aromatic rings. The van der Waals surface area contributed by atoms with Gasteiger partial charge in [-0.25, -0.2) is 0 Å². The second-order valence-corrected chi connectivity index (χ2v) is 5.75. The summed E-state index contributed by atoms with van der Waals surface area (Å²) in [6.07, 6.45) is 0. The molecule has 1 amide bonds. The molecule has 0 saturated carbocycles. The predicted octanol–water partition coefficient (Wildman–Crippen LogP) is 3.59. The fourth-order valence-electron chi connectivity index (χ4n) is 1.77.